The Morgan fingerprint density at radius 1 is 1.43 bits per heavy atom. The van der Waals surface area contributed by atoms with Crippen LogP contribution in [0.3, 0.4) is 0 Å². The van der Waals surface area contributed by atoms with E-state index in [2.05, 4.69) is 15.4 Å². The smallest absolute Gasteiger partial charge is 0.356 e. The maximum atomic E-state index is 11.9. The number of carbonyl (C=O) groups excluding carboxylic acids is 1. The van der Waals surface area contributed by atoms with Crippen molar-refractivity contribution in [2.24, 2.45) is 0 Å². The minimum Gasteiger partial charge on any atom is -0.461 e. The number of piperidine rings is 1. The third kappa shape index (κ3) is 2.82. The molecule has 7 nitrogen and oxygen atoms in total. The molecule has 1 aliphatic rings. The summed E-state index contributed by atoms with van der Waals surface area (Å²) in [6, 6.07) is 0.412. The molecule has 0 aromatic carbocycles. The largest absolute Gasteiger partial charge is 0.461 e. The first-order chi connectivity index (χ1) is 10.3. The van der Waals surface area contributed by atoms with Gasteiger partial charge in [-0.2, -0.15) is 5.10 Å². The second-order valence-electron chi connectivity index (χ2n) is 5.03. The first-order valence-electron chi connectivity index (χ1n) is 7.24. The Bertz CT molecular complexity index is 612. The fourth-order valence-electron chi connectivity index (χ4n) is 2.58. The van der Waals surface area contributed by atoms with Crippen LogP contribution in [0.25, 0.3) is 5.69 Å². The predicted molar refractivity (Wildman–Crippen MR) is 76.4 cm³/mol. The second-order valence-corrected chi connectivity index (χ2v) is 5.03. The van der Waals surface area contributed by atoms with Crippen LogP contribution in [-0.4, -0.2) is 45.0 Å². The average Bonchev–Trinajstić information content (AvgIpc) is 3.17. The molecular formula is C14H19N5O2. The van der Waals surface area contributed by atoms with E-state index in [0.717, 1.165) is 31.6 Å². The highest BCUT2D eigenvalue weighted by atomic mass is 16.5. The van der Waals surface area contributed by atoms with Gasteiger partial charge in [0.15, 0.2) is 5.69 Å². The number of aromatic nitrogens is 4. The molecule has 0 radical (unpaired) electrons. The van der Waals surface area contributed by atoms with E-state index in [4.69, 9.17) is 4.74 Å². The number of rotatable bonds is 4. The van der Waals surface area contributed by atoms with Crippen molar-refractivity contribution in [3.63, 3.8) is 0 Å². The van der Waals surface area contributed by atoms with Gasteiger partial charge in [-0.15, -0.1) is 0 Å². The summed E-state index contributed by atoms with van der Waals surface area (Å²) >= 11 is 0. The van der Waals surface area contributed by atoms with E-state index in [1.807, 2.05) is 10.9 Å². The van der Waals surface area contributed by atoms with Crippen molar-refractivity contribution in [1.82, 2.24) is 24.6 Å². The molecule has 0 atom stereocenters. The number of hydrogen-bond donors (Lipinski definition) is 1. The molecule has 0 bridgehead atoms. The number of ether oxygens (including phenoxy) is 1. The topological polar surface area (TPSA) is 74.0 Å². The van der Waals surface area contributed by atoms with Crippen LogP contribution in [0, 0.1) is 0 Å². The molecule has 3 heterocycles. The fourth-order valence-corrected chi connectivity index (χ4v) is 2.58. The maximum Gasteiger partial charge on any atom is 0.356 e. The van der Waals surface area contributed by atoms with Crippen LogP contribution < -0.4 is 5.32 Å². The van der Waals surface area contributed by atoms with Gasteiger partial charge in [-0.05, 0) is 32.9 Å². The molecule has 0 saturated carbocycles. The van der Waals surface area contributed by atoms with Crippen molar-refractivity contribution in [2.75, 3.05) is 19.7 Å². The van der Waals surface area contributed by atoms with E-state index < -0.39 is 0 Å². The molecule has 0 unspecified atom stereocenters. The first kappa shape index (κ1) is 13.8. The van der Waals surface area contributed by atoms with Crippen LogP contribution in [-0.2, 0) is 4.74 Å². The van der Waals surface area contributed by atoms with Crippen molar-refractivity contribution in [3.05, 3.63) is 30.6 Å². The van der Waals surface area contributed by atoms with Crippen LogP contribution in [0.1, 0.15) is 36.3 Å². The zero-order chi connectivity index (χ0) is 14.7. The molecule has 3 rings (SSSR count). The Balaban J connectivity index is 1.83. The van der Waals surface area contributed by atoms with E-state index in [-0.39, 0.29) is 5.97 Å². The van der Waals surface area contributed by atoms with Gasteiger partial charge in [0.25, 0.3) is 0 Å². The molecule has 1 N–H and O–H groups in total. The normalized spacial score (nSPS) is 16.0. The summed E-state index contributed by atoms with van der Waals surface area (Å²) < 4.78 is 8.72. The summed E-state index contributed by atoms with van der Waals surface area (Å²) in [7, 11) is 0. The van der Waals surface area contributed by atoms with Crippen LogP contribution in [0.4, 0.5) is 0 Å². The van der Waals surface area contributed by atoms with Gasteiger partial charge in [0, 0.05) is 6.20 Å². The lowest BCUT2D eigenvalue weighted by Crippen LogP contribution is -2.29. The summed E-state index contributed by atoms with van der Waals surface area (Å²) in [4.78, 5) is 15.9. The maximum absolute atomic E-state index is 11.9. The van der Waals surface area contributed by atoms with Crippen LogP contribution in [0.5, 0.6) is 0 Å². The highest BCUT2D eigenvalue weighted by molar-refractivity contribution is 5.88. The molecule has 0 aliphatic carbocycles. The molecule has 1 aliphatic heterocycles. The minimum atomic E-state index is -0.371. The van der Waals surface area contributed by atoms with Crippen molar-refractivity contribution in [3.8, 4) is 5.69 Å². The van der Waals surface area contributed by atoms with Crippen molar-refractivity contribution < 1.29 is 9.53 Å². The number of esters is 1. The van der Waals surface area contributed by atoms with Gasteiger partial charge < -0.3 is 10.1 Å². The monoisotopic (exact) mass is 289 g/mol. The molecule has 1 fully saturated rings. The Morgan fingerprint density at radius 3 is 3.00 bits per heavy atom. The van der Waals surface area contributed by atoms with Gasteiger partial charge in [-0.25, -0.2) is 9.78 Å². The van der Waals surface area contributed by atoms with Gasteiger partial charge in [-0.3, -0.25) is 9.25 Å². The Hall–Kier alpha value is -2.15. The van der Waals surface area contributed by atoms with E-state index in [9.17, 15) is 4.79 Å². The zero-order valence-electron chi connectivity index (χ0n) is 12.0. The molecule has 1 saturated heterocycles. The second kappa shape index (κ2) is 6.09. The van der Waals surface area contributed by atoms with Crippen molar-refractivity contribution in [1.29, 1.82) is 0 Å². The molecule has 7 heteroatoms. The molecule has 112 valence electrons. The predicted octanol–water partition coefficient (Wildman–Crippen LogP) is 1.17. The summed E-state index contributed by atoms with van der Waals surface area (Å²) in [5.74, 6) is -0.371. The SMILES string of the molecule is CCOC(=O)c1cncn1-c1cnn(C2CCNCC2)c1. The lowest BCUT2D eigenvalue weighted by Gasteiger charge is -2.22. The van der Waals surface area contributed by atoms with E-state index in [1.165, 1.54) is 6.20 Å². The zero-order valence-corrected chi connectivity index (χ0v) is 12.0. The standard InChI is InChI=1S/C14H19N5O2/c1-2-21-14(20)13-8-16-10-18(13)12-7-17-19(9-12)11-3-5-15-6-4-11/h7-11,15H,2-6H2,1H3. The third-order valence-electron chi connectivity index (χ3n) is 3.67. The Kier molecular flexibility index (Phi) is 4.01. The van der Waals surface area contributed by atoms with E-state index in [0.29, 0.717) is 18.3 Å². The third-order valence-corrected chi connectivity index (χ3v) is 3.67. The van der Waals surface area contributed by atoms with Gasteiger partial charge in [-0.1, -0.05) is 0 Å². The molecule has 0 spiro atoms. The number of imidazole rings is 1. The van der Waals surface area contributed by atoms with Crippen LogP contribution in [0.15, 0.2) is 24.9 Å². The first-order valence-corrected chi connectivity index (χ1v) is 7.24. The number of nitrogens with zero attached hydrogens (tertiary/aromatic N) is 4. The highest BCUT2D eigenvalue weighted by Gasteiger charge is 2.18. The molecule has 2 aromatic rings. The quantitative estimate of drug-likeness (QED) is 0.855. The van der Waals surface area contributed by atoms with E-state index in [1.54, 1.807) is 24.0 Å². The molecular weight excluding hydrogens is 270 g/mol. The molecule has 2 aromatic heterocycles. The minimum absolute atomic E-state index is 0.346. The summed E-state index contributed by atoms with van der Waals surface area (Å²) in [6.07, 6.45) is 8.97. The van der Waals surface area contributed by atoms with Crippen LogP contribution >= 0.6 is 0 Å². The fraction of sp³-hybridized carbons (Fsp3) is 0.500. The summed E-state index contributed by atoms with van der Waals surface area (Å²) in [6.45, 7) is 4.16. The number of hydrogen-bond acceptors (Lipinski definition) is 5. The average molecular weight is 289 g/mol. The van der Waals surface area contributed by atoms with Gasteiger partial charge in [0.1, 0.15) is 0 Å². The number of nitrogens with one attached hydrogen (secondary N) is 1. The van der Waals surface area contributed by atoms with Crippen LogP contribution in [0.2, 0.25) is 0 Å². The molecule has 0 amide bonds. The van der Waals surface area contributed by atoms with Gasteiger partial charge in [0.05, 0.1) is 37.1 Å². The van der Waals surface area contributed by atoms with Crippen molar-refractivity contribution >= 4 is 5.97 Å². The Labute approximate surface area is 122 Å². The lowest BCUT2D eigenvalue weighted by atomic mass is 10.1. The van der Waals surface area contributed by atoms with Gasteiger partial charge in [0.2, 0.25) is 0 Å². The summed E-state index contributed by atoms with van der Waals surface area (Å²) in [5.41, 5.74) is 1.25. The van der Waals surface area contributed by atoms with E-state index >= 15 is 0 Å². The van der Waals surface area contributed by atoms with Crippen molar-refractivity contribution in [2.45, 2.75) is 25.8 Å². The number of carbonyl (C=O) groups is 1. The summed E-state index contributed by atoms with van der Waals surface area (Å²) in [5, 5.41) is 7.77. The molecule has 21 heavy (non-hydrogen) atoms. The lowest BCUT2D eigenvalue weighted by molar-refractivity contribution is 0.0517. The Morgan fingerprint density at radius 2 is 2.24 bits per heavy atom. The van der Waals surface area contributed by atoms with Gasteiger partial charge >= 0.3 is 5.97 Å². The highest BCUT2D eigenvalue weighted by Crippen LogP contribution is 2.20.